The van der Waals surface area contributed by atoms with E-state index in [-0.39, 0.29) is 0 Å². The molecule has 2 rings (SSSR count). The minimum atomic E-state index is 0.404. The van der Waals surface area contributed by atoms with Gasteiger partial charge in [0.15, 0.2) is 5.49 Å². The first kappa shape index (κ1) is 9.80. The number of nitrogens with zero attached hydrogens (tertiary/aromatic N) is 2. The molecule has 1 aromatic heterocycles. The highest BCUT2D eigenvalue weighted by molar-refractivity contribution is 6.32. The third-order valence-electron chi connectivity index (χ3n) is 1.99. The Balaban J connectivity index is 2.70. The predicted octanol–water partition coefficient (Wildman–Crippen LogP) is 2.22. The summed E-state index contributed by atoms with van der Waals surface area (Å²) in [5, 5.41) is 12.6. The molecular formula is C11H8ClN2O. The summed E-state index contributed by atoms with van der Waals surface area (Å²) < 4.78 is 1.66. The first-order chi connectivity index (χ1) is 7.33. The van der Waals surface area contributed by atoms with Crippen LogP contribution < -0.4 is 5.49 Å². The van der Waals surface area contributed by atoms with Gasteiger partial charge in [0.05, 0.1) is 10.7 Å². The highest BCUT2D eigenvalue weighted by Crippen LogP contribution is 2.17. The Labute approximate surface area is 91.9 Å². The van der Waals surface area contributed by atoms with Gasteiger partial charge >= 0.3 is 0 Å². The highest BCUT2D eigenvalue weighted by atomic mass is 35.5. The second-order valence-electron chi connectivity index (χ2n) is 2.91. The van der Waals surface area contributed by atoms with Gasteiger partial charge in [-0.05, 0) is 30.3 Å². The topological polar surface area (TPSA) is 37.5 Å². The van der Waals surface area contributed by atoms with E-state index in [1.54, 1.807) is 29.0 Å². The van der Waals surface area contributed by atoms with Crippen LogP contribution in [0.3, 0.4) is 0 Å². The zero-order valence-electron chi connectivity index (χ0n) is 7.76. The standard InChI is InChI=1S/C11H8ClN2O/c12-9-5-1-2-6-10(9)14-8-4-3-7-11(14)13-15/h1-3,5-8,15H/b13-11+. The fourth-order valence-electron chi connectivity index (χ4n) is 1.31. The van der Waals surface area contributed by atoms with E-state index < -0.39 is 0 Å². The molecule has 1 heterocycles. The molecule has 0 aliphatic heterocycles. The first-order valence-electron chi connectivity index (χ1n) is 4.34. The summed E-state index contributed by atoms with van der Waals surface area (Å²) in [6.07, 6.45) is 1.66. The Morgan fingerprint density at radius 2 is 2.07 bits per heavy atom. The van der Waals surface area contributed by atoms with Crippen molar-refractivity contribution in [1.29, 1.82) is 0 Å². The van der Waals surface area contributed by atoms with Crippen molar-refractivity contribution in [1.82, 2.24) is 4.57 Å². The molecule has 3 nitrogen and oxygen atoms in total. The molecule has 1 N–H and O–H groups in total. The van der Waals surface area contributed by atoms with E-state index >= 15 is 0 Å². The van der Waals surface area contributed by atoms with Crippen LogP contribution in [0.4, 0.5) is 0 Å². The van der Waals surface area contributed by atoms with Crippen molar-refractivity contribution in [3.63, 3.8) is 0 Å². The van der Waals surface area contributed by atoms with Crippen molar-refractivity contribution < 1.29 is 5.21 Å². The largest absolute Gasteiger partial charge is 0.409 e. The average Bonchev–Trinajstić information content (AvgIpc) is 2.30. The number of halogens is 1. The summed E-state index contributed by atoms with van der Waals surface area (Å²) in [5.41, 5.74) is 1.16. The number of benzene rings is 1. The summed E-state index contributed by atoms with van der Waals surface area (Å²) in [5.74, 6) is 0. The molecule has 0 unspecified atom stereocenters. The maximum absolute atomic E-state index is 8.82. The van der Waals surface area contributed by atoms with Crippen molar-refractivity contribution in [2.24, 2.45) is 5.16 Å². The third-order valence-corrected chi connectivity index (χ3v) is 2.31. The molecule has 0 atom stereocenters. The van der Waals surface area contributed by atoms with Crippen LogP contribution in [0.15, 0.2) is 47.8 Å². The van der Waals surface area contributed by atoms with Gasteiger partial charge in [0.1, 0.15) is 0 Å². The highest BCUT2D eigenvalue weighted by Gasteiger charge is 2.01. The molecule has 0 saturated carbocycles. The molecule has 4 heteroatoms. The van der Waals surface area contributed by atoms with Crippen LogP contribution in [0.1, 0.15) is 0 Å². The summed E-state index contributed by atoms with van der Waals surface area (Å²) >= 11 is 6.03. The minimum absolute atomic E-state index is 0.404. The lowest BCUT2D eigenvalue weighted by Crippen LogP contribution is -2.17. The SMILES string of the molecule is O/N=c1\cc[c]cn1-c1ccccc1Cl. The molecule has 1 radical (unpaired) electrons. The van der Waals surface area contributed by atoms with Crippen LogP contribution in [0.5, 0.6) is 0 Å². The van der Waals surface area contributed by atoms with Gasteiger partial charge in [-0.2, -0.15) is 0 Å². The molecule has 0 fully saturated rings. The van der Waals surface area contributed by atoms with Crippen molar-refractivity contribution in [2.75, 3.05) is 0 Å². The van der Waals surface area contributed by atoms with Gasteiger partial charge in [0, 0.05) is 6.20 Å². The second kappa shape index (κ2) is 4.19. The lowest BCUT2D eigenvalue weighted by atomic mass is 10.3. The van der Waals surface area contributed by atoms with E-state index in [2.05, 4.69) is 11.2 Å². The van der Waals surface area contributed by atoms with E-state index in [9.17, 15) is 0 Å². The molecule has 0 saturated heterocycles. The van der Waals surface area contributed by atoms with Crippen LogP contribution in [0, 0.1) is 6.07 Å². The number of rotatable bonds is 1. The van der Waals surface area contributed by atoms with Crippen molar-refractivity contribution >= 4 is 11.6 Å². The predicted molar refractivity (Wildman–Crippen MR) is 57.0 cm³/mol. The lowest BCUT2D eigenvalue weighted by Gasteiger charge is -2.07. The lowest BCUT2D eigenvalue weighted by molar-refractivity contribution is 0.296. The molecule has 75 valence electrons. The van der Waals surface area contributed by atoms with Gasteiger partial charge in [-0.3, -0.25) is 4.57 Å². The number of pyridine rings is 1. The molecule has 0 aliphatic carbocycles. The smallest absolute Gasteiger partial charge is 0.176 e. The zero-order valence-corrected chi connectivity index (χ0v) is 8.52. The molecule has 1 aromatic carbocycles. The molecule has 0 bridgehead atoms. The Kier molecular flexibility index (Phi) is 2.74. The first-order valence-corrected chi connectivity index (χ1v) is 4.72. The summed E-state index contributed by atoms with van der Waals surface area (Å²) in [7, 11) is 0. The summed E-state index contributed by atoms with van der Waals surface area (Å²) in [6.45, 7) is 0. The normalized spacial score (nSPS) is 11.7. The van der Waals surface area contributed by atoms with Crippen molar-refractivity contribution in [3.8, 4) is 5.69 Å². The van der Waals surface area contributed by atoms with E-state index in [1.165, 1.54) is 0 Å². The number of para-hydroxylation sites is 1. The molecule has 0 aliphatic rings. The maximum atomic E-state index is 8.82. The van der Waals surface area contributed by atoms with Gasteiger partial charge < -0.3 is 5.21 Å². The molecule has 0 amide bonds. The summed E-state index contributed by atoms with van der Waals surface area (Å²) in [4.78, 5) is 0. The zero-order chi connectivity index (χ0) is 10.7. The Morgan fingerprint density at radius 1 is 1.27 bits per heavy atom. The molecule has 2 aromatic rings. The van der Waals surface area contributed by atoms with Crippen molar-refractivity contribution in [2.45, 2.75) is 0 Å². The van der Waals surface area contributed by atoms with Gasteiger partial charge in [-0.15, -0.1) is 0 Å². The molecule has 0 spiro atoms. The Morgan fingerprint density at radius 3 is 2.80 bits per heavy atom. The quantitative estimate of drug-likeness (QED) is 0.580. The minimum Gasteiger partial charge on any atom is -0.409 e. The molecular weight excluding hydrogens is 212 g/mol. The van der Waals surface area contributed by atoms with Gasteiger partial charge in [0.25, 0.3) is 0 Å². The van der Waals surface area contributed by atoms with Crippen LogP contribution in [-0.4, -0.2) is 9.77 Å². The summed E-state index contributed by atoms with van der Waals surface area (Å²) in [6, 6.07) is 13.5. The van der Waals surface area contributed by atoms with Crippen LogP contribution >= 0.6 is 11.6 Å². The molecule has 15 heavy (non-hydrogen) atoms. The van der Waals surface area contributed by atoms with E-state index in [4.69, 9.17) is 16.8 Å². The van der Waals surface area contributed by atoms with E-state index in [0.29, 0.717) is 10.5 Å². The number of hydrogen-bond acceptors (Lipinski definition) is 2. The monoisotopic (exact) mass is 219 g/mol. The van der Waals surface area contributed by atoms with E-state index in [1.807, 2.05) is 18.2 Å². The third kappa shape index (κ3) is 1.87. The van der Waals surface area contributed by atoms with Crippen LogP contribution in [-0.2, 0) is 0 Å². The van der Waals surface area contributed by atoms with Crippen LogP contribution in [0.2, 0.25) is 5.02 Å². The van der Waals surface area contributed by atoms with Crippen molar-refractivity contribution in [3.05, 3.63) is 59.2 Å². The van der Waals surface area contributed by atoms with Gasteiger partial charge in [-0.1, -0.05) is 28.9 Å². The maximum Gasteiger partial charge on any atom is 0.176 e. The second-order valence-corrected chi connectivity index (χ2v) is 3.32. The fraction of sp³-hybridized carbons (Fsp3) is 0. The number of hydrogen-bond donors (Lipinski definition) is 1. The number of aromatic nitrogens is 1. The Bertz CT molecular complexity index is 534. The van der Waals surface area contributed by atoms with E-state index in [0.717, 1.165) is 5.69 Å². The van der Waals surface area contributed by atoms with Gasteiger partial charge in [-0.25, -0.2) is 0 Å². The van der Waals surface area contributed by atoms with Gasteiger partial charge in [0.2, 0.25) is 0 Å². The average molecular weight is 220 g/mol. The van der Waals surface area contributed by atoms with Crippen LogP contribution in [0.25, 0.3) is 5.69 Å². The fourth-order valence-corrected chi connectivity index (χ4v) is 1.54. The Hall–Kier alpha value is -1.74.